The normalized spacial score (nSPS) is 19.5. The van der Waals surface area contributed by atoms with Crippen molar-refractivity contribution in [1.82, 2.24) is 0 Å². The lowest BCUT2D eigenvalue weighted by molar-refractivity contribution is -0.356. The maximum absolute atomic E-state index is 8.98. The summed E-state index contributed by atoms with van der Waals surface area (Å²) in [7, 11) is 0. The Hall–Kier alpha value is -1.62. The molecule has 0 heterocycles. The molecule has 0 aromatic heterocycles. The van der Waals surface area contributed by atoms with Crippen molar-refractivity contribution in [3.8, 4) is 0 Å². The van der Waals surface area contributed by atoms with E-state index in [4.69, 9.17) is 50.3 Å². The van der Waals surface area contributed by atoms with Gasteiger partial charge in [-0.1, -0.05) is 80.1 Å². The molecular formula is C22H44O10. The van der Waals surface area contributed by atoms with Crippen molar-refractivity contribution < 1.29 is 50.3 Å². The molecule has 2 saturated carbocycles. The van der Waals surface area contributed by atoms with Gasteiger partial charge in [0.2, 0.25) is 0 Å². The summed E-state index contributed by atoms with van der Waals surface area (Å²) in [5, 5.41) is 45.8. The van der Waals surface area contributed by atoms with Crippen LogP contribution >= 0.6 is 0 Å². The van der Waals surface area contributed by atoms with Crippen LogP contribution in [0.5, 0.6) is 0 Å². The van der Waals surface area contributed by atoms with Crippen molar-refractivity contribution in [2.24, 2.45) is 10.8 Å². The Kier molecular flexibility index (Phi) is 14.8. The van der Waals surface area contributed by atoms with Crippen LogP contribution in [-0.4, -0.2) is 54.5 Å². The van der Waals surface area contributed by atoms with E-state index >= 15 is 0 Å². The molecule has 0 spiro atoms. The molecule has 0 amide bonds. The molecule has 0 radical (unpaired) electrons. The summed E-state index contributed by atoms with van der Waals surface area (Å²) < 4.78 is 0. The number of carbonyl (C=O) groups is 2. The highest BCUT2D eigenvalue weighted by Crippen LogP contribution is 2.45. The average Bonchev–Trinajstić information content (AvgIpc) is 2.67. The molecule has 192 valence electrons. The first-order valence-corrected chi connectivity index (χ1v) is 11.0. The van der Waals surface area contributed by atoms with E-state index in [-0.39, 0.29) is 22.0 Å². The first kappa shape index (κ1) is 32.6. The number of carboxylic acid groups (broad SMARTS) is 4. The van der Waals surface area contributed by atoms with Crippen molar-refractivity contribution in [2.45, 2.75) is 117 Å². The van der Waals surface area contributed by atoms with Crippen molar-refractivity contribution in [3.63, 3.8) is 0 Å². The molecule has 0 unspecified atom stereocenters. The maximum Gasteiger partial charge on any atom is 0.503 e. The first-order valence-electron chi connectivity index (χ1n) is 11.0. The molecule has 2 aliphatic rings. The summed E-state index contributed by atoms with van der Waals surface area (Å²) >= 11 is 0. The first-order chi connectivity index (χ1) is 14.5. The number of hydrogen-bond donors (Lipinski definition) is 6. The lowest BCUT2D eigenvalue weighted by Gasteiger charge is -2.44. The van der Waals surface area contributed by atoms with Crippen molar-refractivity contribution in [2.75, 3.05) is 0 Å². The molecule has 0 atom stereocenters. The van der Waals surface area contributed by atoms with Gasteiger partial charge in [-0.05, 0) is 36.5 Å². The smallest absolute Gasteiger partial charge is 0.450 e. The molecule has 0 bridgehead atoms. The van der Waals surface area contributed by atoms with Crippen molar-refractivity contribution in [1.29, 1.82) is 0 Å². The van der Waals surface area contributed by atoms with Gasteiger partial charge in [0.25, 0.3) is 0 Å². The fourth-order valence-electron chi connectivity index (χ4n) is 4.20. The van der Waals surface area contributed by atoms with Crippen LogP contribution in [0.2, 0.25) is 0 Å². The standard InChI is InChI=1S/2C10H20O2.2CH2O3/c2*1-9(2,3)10(12-11)7-5-4-6-8-10;2*2-1(3)4/h2*11H,4-8H2,1-3H3;2*(H2,2,3,4). The third-order valence-electron chi connectivity index (χ3n) is 6.41. The highest BCUT2D eigenvalue weighted by molar-refractivity contribution is 5.53. The molecule has 2 rings (SSSR count). The SMILES string of the molecule is CC(C)(C)C1(OO)CCCCC1.CC(C)(C)C1(OO)CCCCC1.O=C(O)O.O=C(O)O. The number of rotatable bonds is 2. The van der Waals surface area contributed by atoms with Gasteiger partial charge in [0.15, 0.2) is 0 Å². The minimum absolute atomic E-state index is 0.0438. The van der Waals surface area contributed by atoms with Crippen LogP contribution in [0.15, 0.2) is 0 Å². The topological polar surface area (TPSA) is 174 Å². The van der Waals surface area contributed by atoms with E-state index in [1.165, 1.54) is 38.5 Å². The summed E-state index contributed by atoms with van der Waals surface area (Å²) in [5.41, 5.74) is -0.485. The molecule has 2 aliphatic carbocycles. The molecule has 10 nitrogen and oxygen atoms in total. The maximum atomic E-state index is 8.98. The molecule has 6 N–H and O–H groups in total. The molecule has 0 aromatic rings. The van der Waals surface area contributed by atoms with Gasteiger partial charge < -0.3 is 20.4 Å². The molecule has 32 heavy (non-hydrogen) atoms. The average molecular weight is 469 g/mol. The monoisotopic (exact) mass is 468 g/mol. The van der Waals surface area contributed by atoms with E-state index in [1.54, 1.807) is 0 Å². The zero-order valence-electron chi connectivity index (χ0n) is 20.4. The Morgan fingerprint density at radius 3 is 0.844 bits per heavy atom. The second-order valence-electron chi connectivity index (χ2n) is 10.4. The quantitative estimate of drug-likeness (QED) is 0.185. The molecule has 0 saturated heterocycles. The zero-order chi connectivity index (χ0) is 25.6. The van der Waals surface area contributed by atoms with E-state index in [0.29, 0.717) is 0 Å². The van der Waals surface area contributed by atoms with E-state index in [9.17, 15) is 0 Å². The summed E-state index contributed by atoms with van der Waals surface area (Å²) in [5.74, 6) is 0. The lowest BCUT2D eigenvalue weighted by Crippen LogP contribution is -2.46. The van der Waals surface area contributed by atoms with Crippen LogP contribution in [0.25, 0.3) is 0 Å². The van der Waals surface area contributed by atoms with Gasteiger partial charge >= 0.3 is 12.3 Å². The van der Waals surface area contributed by atoms with Crippen molar-refractivity contribution in [3.05, 3.63) is 0 Å². The largest absolute Gasteiger partial charge is 0.503 e. The van der Waals surface area contributed by atoms with E-state index in [2.05, 4.69) is 41.5 Å². The van der Waals surface area contributed by atoms with E-state index in [0.717, 1.165) is 25.7 Å². The fourth-order valence-corrected chi connectivity index (χ4v) is 4.20. The third kappa shape index (κ3) is 11.8. The van der Waals surface area contributed by atoms with Crippen LogP contribution in [-0.2, 0) is 9.78 Å². The summed E-state index contributed by atoms with van der Waals surface area (Å²) in [4.78, 5) is 26.6. The van der Waals surface area contributed by atoms with Gasteiger partial charge in [-0.2, -0.15) is 0 Å². The van der Waals surface area contributed by atoms with Gasteiger partial charge in [0.05, 0.1) is 0 Å². The third-order valence-corrected chi connectivity index (χ3v) is 6.41. The Morgan fingerprint density at radius 2 is 0.750 bits per heavy atom. The van der Waals surface area contributed by atoms with Gasteiger partial charge in [-0.15, -0.1) is 0 Å². The molecule has 0 aliphatic heterocycles. The van der Waals surface area contributed by atoms with Gasteiger partial charge in [-0.3, -0.25) is 10.5 Å². The number of hydrogen-bond acceptors (Lipinski definition) is 6. The predicted octanol–water partition coefficient (Wildman–Crippen LogP) is 6.89. The van der Waals surface area contributed by atoms with Crippen LogP contribution < -0.4 is 0 Å². The Morgan fingerprint density at radius 1 is 0.562 bits per heavy atom. The second-order valence-corrected chi connectivity index (χ2v) is 10.4. The van der Waals surface area contributed by atoms with Crippen LogP contribution in [0.4, 0.5) is 9.59 Å². The Balaban J connectivity index is 0. The van der Waals surface area contributed by atoms with E-state index < -0.39 is 12.3 Å². The summed E-state index contributed by atoms with van der Waals surface area (Å²) in [6, 6.07) is 0. The van der Waals surface area contributed by atoms with E-state index in [1.807, 2.05) is 0 Å². The molecule has 10 heteroatoms. The zero-order valence-corrected chi connectivity index (χ0v) is 20.4. The van der Waals surface area contributed by atoms with Gasteiger partial charge in [-0.25, -0.2) is 19.4 Å². The highest BCUT2D eigenvalue weighted by atomic mass is 17.1. The Bertz CT molecular complexity index is 466. The minimum Gasteiger partial charge on any atom is -0.450 e. The fraction of sp³-hybridized carbons (Fsp3) is 0.909. The van der Waals surface area contributed by atoms with Gasteiger partial charge in [0.1, 0.15) is 11.2 Å². The molecule has 2 fully saturated rings. The molecule has 0 aromatic carbocycles. The Labute approximate surface area is 191 Å². The van der Waals surface area contributed by atoms with Crippen molar-refractivity contribution >= 4 is 12.3 Å². The highest BCUT2D eigenvalue weighted by Gasteiger charge is 2.45. The lowest BCUT2D eigenvalue weighted by atomic mass is 9.68. The predicted molar refractivity (Wildman–Crippen MR) is 119 cm³/mol. The minimum atomic E-state index is -1.83. The van der Waals surface area contributed by atoms with Crippen LogP contribution in [0.3, 0.4) is 0 Å². The van der Waals surface area contributed by atoms with Crippen LogP contribution in [0, 0.1) is 10.8 Å². The second kappa shape index (κ2) is 14.5. The molecular weight excluding hydrogens is 424 g/mol. The summed E-state index contributed by atoms with van der Waals surface area (Å²) in [6.45, 7) is 12.8. The van der Waals surface area contributed by atoms with Crippen LogP contribution in [0.1, 0.15) is 106 Å². The summed E-state index contributed by atoms with van der Waals surface area (Å²) in [6.07, 6.45) is 7.58. The van der Waals surface area contributed by atoms with Gasteiger partial charge in [0, 0.05) is 0 Å².